The highest BCUT2D eigenvalue weighted by molar-refractivity contribution is 7.71. The van der Waals surface area contributed by atoms with Crippen LogP contribution in [0.15, 0.2) is 17.5 Å². The van der Waals surface area contributed by atoms with Gasteiger partial charge in [0, 0.05) is 0 Å². The van der Waals surface area contributed by atoms with Gasteiger partial charge in [0.25, 0.3) is 0 Å². The number of aromatic amines is 1. The van der Waals surface area contributed by atoms with E-state index in [1.54, 1.807) is 11.5 Å². The Morgan fingerprint density at radius 2 is 2.25 bits per heavy atom. The second-order valence-electron chi connectivity index (χ2n) is 7.03. The van der Waals surface area contributed by atoms with E-state index >= 15 is 0 Å². The number of rotatable bonds is 6. The summed E-state index contributed by atoms with van der Waals surface area (Å²) >= 11 is 6.83. The number of aliphatic hydroxyl groups is 1. The molecule has 0 spiro atoms. The van der Waals surface area contributed by atoms with Gasteiger partial charge in [0.05, 0.1) is 17.5 Å². The molecule has 8 heteroatoms. The van der Waals surface area contributed by atoms with Crippen LogP contribution in [0, 0.1) is 10.2 Å². The van der Waals surface area contributed by atoms with E-state index < -0.39 is 6.04 Å². The van der Waals surface area contributed by atoms with E-state index in [1.165, 1.54) is 11.3 Å². The Morgan fingerprint density at radius 1 is 1.54 bits per heavy atom. The van der Waals surface area contributed by atoms with Gasteiger partial charge >= 0.3 is 0 Å². The van der Waals surface area contributed by atoms with Crippen LogP contribution in [-0.4, -0.2) is 38.4 Å². The van der Waals surface area contributed by atoms with Gasteiger partial charge in [-0.3, -0.25) is 14.5 Å². The number of nitrogens with zero attached hydrogens (tertiary/aromatic N) is 2. The minimum atomic E-state index is -0.526. The maximum Gasteiger partial charge on any atom is 0.243 e. The first-order chi connectivity index (χ1) is 11.2. The average molecular weight is 369 g/mol. The van der Waals surface area contributed by atoms with Gasteiger partial charge in [-0.05, 0) is 42.4 Å². The molecule has 0 aromatic carbocycles. The molecule has 0 unspecified atom stereocenters. The van der Waals surface area contributed by atoms with E-state index in [0.717, 1.165) is 4.88 Å². The molecule has 2 heterocycles. The molecule has 0 aliphatic carbocycles. The zero-order valence-electron chi connectivity index (χ0n) is 14.4. The second-order valence-corrected chi connectivity index (χ2v) is 8.36. The fraction of sp³-hybridized carbons (Fsp3) is 0.562. The predicted molar refractivity (Wildman–Crippen MR) is 98.5 cm³/mol. The Kier molecular flexibility index (Phi) is 5.95. The highest BCUT2D eigenvalue weighted by Gasteiger charge is 2.25. The molecule has 0 radical (unpaired) electrons. The highest BCUT2D eigenvalue weighted by Crippen LogP contribution is 2.26. The summed E-state index contributed by atoms with van der Waals surface area (Å²) < 4.78 is 2.11. The Morgan fingerprint density at radius 3 is 2.79 bits per heavy atom. The number of amides is 1. The Balaban J connectivity index is 2.20. The maximum absolute atomic E-state index is 12.6. The SMILES string of the molecule is C[C@H](C(=O)N[C@H](CO)CC(C)(C)C)n1c(-c2cccs2)n[nH]c1=S. The molecule has 24 heavy (non-hydrogen) atoms. The second kappa shape index (κ2) is 7.58. The molecule has 132 valence electrons. The van der Waals surface area contributed by atoms with Crippen molar-refractivity contribution in [2.45, 2.75) is 46.2 Å². The maximum atomic E-state index is 12.6. The quantitative estimate of drug-likeness (QED) is 0.684. The number of H-pyrrole nitrogens is 1. The summed E-state index contributed by atoms with van der Waals surface area (Å²) in [5, 5.41) is 21.4. The lowest BCUT2D eigenvalue weighted by molar-refractivity contribution is -0.125. The fourth-order valence-corrected chi connectivity index (χ4v) is 3.58. The van der Waals surface area contributed by atoms with Crippen molar-refractivity contribution in [1.29, 1.82) is 0 Å². The molecule has 0 aliphatic rings. The van der Waals surface area contributed by atoms with Crippen LogP contribution >= 0.6 is 23.6 Å². The molecule has 3 N–H and O–H groups in total. The molecule has 6 nitrogen and oxygen atoms in total. The molecule has 0 bridgehead atoms. The van der Waals surface area contributed by atoms with Crippen molar-refractivity contribution in [3.8, 4) is 10.7 Å². The molecule has 1 amide bonds. The van der Waals surface area contributed by atoms with Crippen molar-refractivity contribution >= 4 is 29.5 Å². The number of thiophene rings is 1. The molecule has 2 aromatic rings. The third kappa shape index (κ3) is 4.52. The predicted octanol–water partition coefficient (Wildman–Crippen LogP) is 3.14. The Hall–Kier alpha value is -1.51. The number of hydrogen-bond donors (Lipinski definition) is 3. The summed E-state index contributed by atoms with van der Waals surface area (Å²) in [5.74, 6) is 0.461. The lowest BCUT2D eigenvalue weighted by Gasteiger charge is -2.26. The molecule has 2 atom stereocenters. The first kappa shape index (κ1) is 18.8. The molecule has 2 aromatic heterocycles. The van der Waals surface area contributed by atoms with E-state index in [0.29, 0.717) is 17.0 Å². The van der Waals surface area contributed by atoms with Gasteiger partial charge in [-0.2, -0.15) is 5.10 Å². The third-order valence-electron chi connectivity index (χ3n) is 3.64. The van der Waals surface area contributed by atoms with Gasteiger partial charge in [-0.15, -0.1) is 11.3 Å². The number of nitrogens with one attached hydrogen (secondary N) is 2. The van der Waals surface area contributed by atoms with E-state index in [9.17, 15) is 9.90 Å². The van der Waals surface area contributed by atoms with E-state index in [1.807, 2.05) is 17.5 Å². The summed E-state index contributed by atoms with van der Waals surface area (Å²) in [6.07, 6.45) is 0.691. The van der Waals surface area contributed by atoms with Crippen LogP contribution in [0.1, 0.15) is 40.2 Å². The summed E-state index contributed by atoms with van der Waals surface area (Å²) in [4.78, 5) is 13.6. The molecule has 0 fully saturated rings. The number of carbonyl (C=O) groups excluding carboxylic acids is 1. The minimum Gasteiger partial charge on any atom is -0.394 e. The minimum absolute atomic E-state index is 0.0119. The van der Waals surface area contributed by atoms with E-state index in [2.05, 4.69) is 36.3 Å². The van der Waals surface area contributed by atoms with Gasteiger partial charge in [0.2, 0.25) is 5.91 Å². The Labute approximate surface area is 150 Å². The summed E-state index contributed by atoms with van der Waals surface area (Å²) in [6.45, 7) is 7.92. The van der Waals surface area contributed by atoms with Gasteiger partial charge in [-0.25, -0.2) is 0 Å². The largest absolute Gasteiger partial charge is 0.394 e. The van der Waals surface area contributed by atoms with E-state index in [-0.39, 0.29) is 24.0 Å². The van der Waals surface area contributed by atoms with Crippen molar-refractivity contribution in [1.82, 2.24) is 20.1 Å². The summed E-state index contributed by atoms with van der Waals surface area (Å²) in [7, 11) is 0. The molecular formula is C16H24N4O2S2. The summed E-state index contributed by atoms with van der Waals surface area (Å²) in [6, 6.07) is 3.05. The zero-order valence-corrected chi connectivity index (χ0v) is 16.0. The number of hydrogen-bond acceptors (Lipinski definition) is 5. The van der Waals surface area contributed by atoms with E-state index in [4.69, 9.17) is 12.2 Å². The lowest BCUT2D eigenvalue weighted by atomic mass is 9.88. The normalized spacial score (nSPS) is 14.4. The highest BCUT2D eigenvalue weighted by atomic mass is 32.1. The summed E-state index contributed by atoms with van der Waals surface area (Å²) in [5.41, 5.74) is 0.0119. The van der Waals surface area contributed by atoms with Crippen molar-refractivity contribution in [2.75, 3.05) is 6.61 Å². The number of carbonyl (C=O) groups is 1. The van der Waals surface area contributed by atoms with Crippen LogP contribution < -0.4 is 5.32 Å². The van der Waals surface area contributed by atoms with Gasteiger partial charge in [0.1, 0.15) is 6.04 Å². The van der Waals surface area contributed by atoms with Crippen LogP contribution in [-0.2, 0) is 4.79 Å². The van der Waals surface area contributed by atoms with Crippen LogP contribution in [0.3, 0.4) is 0 Å². The molecule has 2 rings (SSSR count). The monoisotopic (exact) mass is 368 g/mol. The molecule has 0 saturated heterocycles. The third-order valence-corrected chi connectivity index (χ3v) is 4.79. The van der Waals surface area contributed by atoms with Crippen LogP contribution in [0.5, 0.6) is 0 Å². The lowest BCUT2D eigenvalue weighted by Crippen LogP contribution is -2.43. The van der Waals surface area contributed by atoms with Crippen LogP contribution in [0.25, 0.3) is 10.7 Å². The first-order valence-corrected chi connectivity index (χ1v) is 9.13. The van der Waals surface area contributed by atoms with Crippen molar-refractivity contribution in [3.05, 3.63) is 22.3 Å². The van der Waals surface area contributed by atoms with Crippen LogP contribution in [0.2, 0.25) is 0 Å². The molecule has 0 saturated carbocycles. The Bertz CT molecular complexity index is 728. The first-order valence-electron chi connectivity index (χ1n) is 7.85. The van der Waals surface area contributed by atoms with Crippen LogP contribution in [0.4, 0.5) is 0 Å². The van der Waals surface area contributed by atoms with Crippen molar-refractivity contribution in [2.24, 2.45) is 5.41 Å². The van der Waals surface area contributed by atoms with Gasteiger partial charge in [0.15, 0.2) is 10.6 Å². The van der Waals surface area contributed by atoms with Gasteiger partial charge < -0.3 is 10.4 Å². The topological polar surface area (TPSA) is 82.9 Å². The van der Waals surface area contributed by atoms with Gasteiger partial charge in [-0.1, -0.05) is 26.8 Å². The molecule has 0 aliphatic heterocycles. The number of aromatic nitrogens is 3. The average Bonchev–Trinajstić information content (AvgIpc) is 3.13. The standard InChI is InChI=1S/C16H24N4O2S2/c1-10(14(22)17-11(9-21)8-16(2,3)4)20-13(18-19-15(20)23)12-6-5-7-24-12/h5-7,10-11,21H,8-9H2,1-4H3,(H,17,22)(H,19,23)/t10-,11+/m1/s1. The smallest absolute Gasteiger partial charge is 0.243 e. The molecular weight excluding hydrogens is 344 g/mol. The van der Waals surface area contributed by atoms with Crippen molar-refractivity contribution in [3.63, 3.8) is 0 Å². The number of aliphatic hydroxyl groups excluding tert-OH is 1. The zero-order chi connectivity index (χ0) is 17.9. The fourth-order valence-electron chi connectivity index (χ4n) is 2.58. The van der Waals surface area contributed by atoms with Crippen molar-refractivity contribution < 1.29 is 9.90 Å².